The lowest BCUT2D eigenvalue weighted by atomic mass is 10.1. The molecule has 3 rings (SSSR count). The van der Waals surface area contributed by atoms with Crippen molar-refractivity contribution >= 4 is 40.0 Å². The van der Waals surface area contributed by atoms with Crippen LogP contribution < -0.4 is 16.0 Å². The number of aromatic nitrogens is 2. The quantitative estimate of drug-likeness (QED) is 0.769. The molecule has 1 aliphatic heterocycles. The predicted octanol–water partition coefficient (Wildman–Crippen LogP) is 2.41. The van der Waals surface area contributed by atoms with E-state index in [0.717, 1.165) is 30.5 Å². The van der Waals surface area contributed by atoms with E-state index in [1.807, 2.05) is 30.0 Å². The fraction of sp³-hybridized carbons (Fsp3) is 0.444. The lowest BCUT2D eigenvalue weighted by Gasteiger charge is -2.37. The molecule has 2 heterocycles. The average Bonchev–Trinajstić information content (AvgIpc) is 3.19. The Morgan fingerprint density at radius 2 is 2.21 bits per heavy atom. The van der Waals surface area contributed by atoms with E-state index < -0.39 is 5.91 Å². The second-order valence-corrected chi connectivity index (χ2v) is 8.21. The highest BCUT2D eigenvalue weighted by Gasteiger charge is 2.28. The van der Waals surface area contributed by atoms with Crippen molar-refractivity contribution in [3.8, 4) is 0 Å². The zero-order chi connectivity index (χ0) is 20.3. The smallest absolute Gasteiger partial charge is 0.317 e. The van der Waals surface area contributed by atoms with E-state index in [1.165, 1.54) is 11.3 Å². The number of anilines is 1. The molecule has 3 N–H and O–H groups in total. The molecule has 0 radical (unpaired) electrons. The van der Waals surface area contributed by atoms with Crippen LogP contribution in [0.2, 0.25) is 5.02 Å². The van der Waals surface area contributed by atoms with Crippen LogP contribution in [0.3, 0.4) is 0 Å². The maximum atomic E-state index is 12.6. The third-order valence-electron chi connectivity index (χ3n) is 4.83. The number of primary amides is 1. The molecule has 1 fully saturated rings. The first-order valence-electron chi connectivity index (χ1n) is 8.99. The van der Waals surface area contributed by atoms with Crippen LogP contribution in [0.15, 0.2) is 18.2 Å². The van der Waals surface area contributed by atoms with Gasteiger partial charge in [0.1, 0.15) is 0 Å². The molecule has 0 aliphatic carbocycles. The topological polar surface area (TPSA) is 104 Å². The first-order valence-corrected chi connectivity index (χ1v) is 10.2. The lowest BCUT2D eigenvalue weighted by Crippen LogP contribution is -2.51. The van der Waals surface area contributed by atoms with E-state index in [-0.39, 0.29) is 17.1 Å². The zero-order valence-electron chi connectivity index (χ0n) is 15.8. The Hall–Kier alpha value is -2.39. The van der Waals surface area contributed by atoms with Crippen LogP contribution in [0, 0.1) is 6.92 Å². The minimum Gasteiger partial charge on any atom is -0.363 e. The van der Waals surface area contributed by atoms with Crippen molar-refractivity contribution in [3.05, 3.63) is 39.4 Å². The van der Waals surface area contributed by atoms with Gasteiger partial charge in [0.15, 0.2) is 0 Å². The summed E-state index contributed by atoms with van der Waals surface area (Å²) in [5.41, 5.74) is 7.24. The number of rotatable bonds is 5. The summed E-state index contributed by atoms with van der Waals surface area (Å²) in [5, 5.41) is 12.4. The van der Waals surface area contributed by atoms with Gasteiger partial charge in [-0.2, -0.15) is 0 Å². The van der Waals surface area contributed by atoms with E-state index in [1.54, 1.807) is 11.9 Å². The number of benzene rings is 1. The van der Waals surface area contributed by atoms with Gasteiger partial charge in [0.05, 0.1) is 6.04 Å². The van der Waals surface area contributed by atoms with Crippen molar-refractivity contribution in [3.63, 3.8) is 0 Å². The summed E-state index contributed by atoms with van der Waals surface area (Å²) in [6, 6.07) is 5.63. The van der Waals surface area contributed by atoms with Gasteiger partial charge in [-0.05, 0) is 37.0 Å². The largest absolute Gasteiger partial charge is 0.363 e. The highest BCUT2D eigenvalue weighted by molar-refractivity contribution is 7.17. The molecule has 1 aromatic carbocycles. The maximum Gasteiger partial charge on any atom is 0.317 e. The average molecular weight is 423 g/mol. The Kier molecular flexibility index (Phi) is 6.35. The molecule has 0 unspecified atom stereocenters. The first kappa shape index (κ1) is 20.3. The Morgan fingerprint density at radius 1 is 1.43 bits per heavy atom. The van der Waals surface area contributed by atoms with Gasteiger partial charge in [-0.25, -0.2) is 4.79 Å². The second kappa shape index (κ2) is 8.74. The number of nitrogens with one attached hydrogen (secondary N) is 1. The molecule has 0 saturated carbocycles. The Bertz CT molecular complexity index is 874. The van der Waals surface area contributed by atoms with E-state index in [9.17, 15) is 9.59 Å². The van der Waals surface area contributed by atoms with E-state index in [4.69, 9.17) is 17.3 Å². The molecule has 3 amide bonds. The number of carbonyl (C=O) groups excluding carboxylic acids is 2. The molecule has 1 saturated heterocycles. The van der Waals surface area contributed by atoms with Gasteiger partial charge in [-0.15, -0.1) is 10.2 Å². The van der Waals surface area contributed by atoms with Crippen LogP contribution >= 0.6 is 22.9 Å². The van der Waals surface area contributed by atoms with Gasteiger partial charge in [0, 0.05) is 31.7 Å². The Morgan fingerprint density at radius 3 is 2.89 bits per heavy atom. The van der Waals surface area contributed by atoms with Gasteiger partial charge in [-0.1, -0.05) is 35.1 Å². The van der Waals surface area contributed by atoms with Gasteiger partial charge >= 0.3 is 6.03 Å². The summed E-state index contributed by atoms with van der Waals surface area (Å²) in [6.07, 6.45) is 1.83. The molecule has 8 nitrogen and oxygen atoms in total. The van der Waals surface area contributed by atoms with E-state index >= 15 is 0 Å². The number of urea groups is 1. The molecule has 150 valence electrons. The number of carbonyl (C=O) groups is 2. The lowest BCUT2D eigenvalue weighted by molar-refractivity contribution is 0.0999. The van der Waals surface area contributed by atoms with Crippen LogP contribution in [-0.2, 0) is 6.54 Å². The fourth-order valence-electron chi connectivity index (χ4n) is 3.17. The predicted molar refractivity (Wildman–Crippen MR) is 110 cm³/mol. The molecule has 0 bridgehead atoms. The van der Waals surface area contributed by atoms with Crippen molar-refractivity contribution in [1.82, 2.24) is 20.4 Å². The number of hydrogen-bond acceptors (Lipinski definition) is 6. The number of nitrogens with two attached hydrogens (primary N) is 1. The van der Waals surface area contributed by atoms with Crippen LogP contribution in [0.5, 0.6) is 0 Å². The summed E-state index contributed by atoms with van der Waals surface area (Å²) in [6.45, 7) is 3.82. The minimum absolute atomic E-state index is 0.0432. The van der Waals surface area contributed by atoms with Crippen LogP contribution in [0.25, 0.3) is 0 Å². The number of aryl methyl sites for hydroxylation is 1. The van der Waals surface area contributed by atoms with Crippen molar-refractivity contribution in [1.29, 1.82) is 0 Å². The van der Waals surface area contributed by atoms with Gasteiger partial charge in [-0.3, -0.25) is 4.79 Å². The van der Waals surface area contributed by atoms with E-state index in [0.29, 0.717) is 23.2 Å². The summed E-state index contributed by atoms with van der Waals surface area (Å²) >= 11 is 7.22. The summed E-state index contributed by atoms with van der Waals surface area (Å²) in [4.78, 5) is 27.6. The maximum absolute atomic E-state index is 12.6. The molecule has 10 heteroatoms. The highest BCUT2D eigenvalue weighted by Crippen LogP contribution is 2.25. The number of nitrogens with zero attached hydrogens (tertiary/aromatic N) is 4. The van der Waals surface area contributed by atoms with Crippen molar-refractivity contribution in [2.45, 2.75) is 32.4 Å². The minimum atomic E-state index is -0.578. The molecule has 1 aromatic heterocycles. The standard InChI is InChI=1S/C18H23ClN6O2S/c1-11-8-12(5-6-14(11)19)9-21-17(27)24(2)13-4-3-7-25(10-13)18-23-22-16(28-18)15(20)26/h5-6,8,13H,3-4,7,9-10H2,1-2H3,(H2,20,26)(H,21,27)/t13-/m1/s1. The van der Waals surface area contributed by atoms with Gasteiger partial charge < -0.3 is 20.9 Å². The number of hydrogen-bond donors (Lipinski definition) is 2. The number of halogens is 1. The molecule has 2 aromatic rings. The summed E-state index contributed by atoms with van der Waals surface area (Å²) < 4.78 is 0. The van der Waals surface area contributed by atoms with Crippen molar-refractivity contribution in [2.24, 2.45) is 5.73 Å². The Labute approximate surface area is 172 Å². The first-order chi connectivity index (χ1) is 13.3. The number of likely N-dealkylation sites (N-methyl/N-ethyl adjacent to an activating group) is 1. The van der Waals surface area contributed by atoms with Crippen molar-refractivity contribution < 1.29 is 9.59 Å². The van der Waals surface area contributed by atoms with Gasteiger partial charge in [0.2, 0.25) is 10.1 Å². The Balaban J connectivity index is 1.57. The fourth-order valence-corrected chi connectivity index (χ4v) is 4.02. The van der Waals surface area contributed by atoms with Crippen LogP contribution in [0.4, 0.5) is 9.93 Å². The summed E-state index contributed by atoms with van der Waals surface area (Å²) in [5.74, 6) is -0.578. The monoisotopic (exact) mass is 422 g/mol. The summed E-state index contributed by atoms with van der Waals surface area (Å²) in [7, 11) is 1.80. The second-order valence-electron chi connectivity index (χ2n) is 6.85. The molecule has 1 aliphatic rings. The molecule has 1 atom stereocenters. The molecular weight excluding hydrogens is 400 g/mol. The molecule has 0 spiro atoms. The van der Waals surface area contributed by atoms with Crippen molar-refractivity contribution in [2.75, 3.05) is 25.0 Å². The molecular formula is C18H23ClN6O2S. The zero-order valence-corrected chi connectivity index (χ0v) is 17.4. The normalized spacial score (nSPS) is 16.7. The molecule has 28 heavy (non-hydrogen) atoms. The van der Waals surface area contributed by atoms with Gasteiger partial charge in [0.25, 0.3) is 5.91 Å². The third kappa shape index (κ3) is 4.71. The number of piperidine rings is 1. The third-order valence-corrected chi connectivity index (χ3v) is 6.25. The number of amides is 3. The highest BCUT2D eigenvalue weighted by atomic mass is 35.5. The van der Waals surface area contributed by atoms with Crippen LogP contribution in [0.1, 0.15) is 33.8 Å². The van der Waals surface area contributed by atoms with Crippen LogP contribution in [-0.4, -0.2) is 53.2 Å². The van der Waals surface area contributed by atoms with E-state index in [2.05, 4.69) is 15.5 Å². The SMILES string of the molecule is Cc1cc(CNC(=O)N(C)[C@@H]2CCCN(c3nnc(C(N)=O)s3)C2)ccc1Cl.